The Bertz CT molecular complexity index is 11.6. The molecule has 4 heavy (non-hydrogen) atoms. The van der Waals surface area contributed by atoms with Crippen molar-refractivity contribution in [3.63, 3.8) is 0 Å². The fraction of sp³-hybridized carbons (Fsp3) is 0. The normalized spacial score (nSPS) is 0. The minimum atomic E-state index is 0. The van der Waals surface area contributed by atoms with E-state index < -0.39 is 0 Å². The third-order valence-electron chi connectivity index (χ3n) is 0. The van der Waals surface area contributed by atoms with Crippen LogP contribution in [-0.2, 0) is 54.6 Å². The van der Waals surface area contributed by atoms with Gasteiger partial charge in [0.2, 0.25) is 0 Å². The molecule has 0 unspecified atom stereocenters. The third kappa shape index (κ3) is 8.85. The zero-order valence-corrected chi connectivity index (χ0v) is 7.20. The van der Waals surface area contributed by atoms with Crippen molar-refractivity contribution in [2.24, 2.45) is 0 Å². The third-order valence-corrected chi connectivity index (χ3v) is 0. The average molecular weight is 305 g/mol. The second kappa shape index (κ2) is 18.5. The van der Waals surface area contributed by atoms with Crippen molar-refractivity contribution in [1.29, 1.82) is 0 Å². The molecule has 0 rings (SSSR count). The summed E-state index contributed by atoms with van der Waals surface area (Å²) in [4.78, 5) is 0. The molecule has 0 heterocycles. The molecule has 0 bridgehead atoms. The van der Waals surface area contributed by atoms with Gasteiger partial charge in [-0.05, 0) is 0 Å². The van der Waals surface area contributed by atoms with Crippen LogP contribution in [0.25, 0.3) is 0 Å². The molecule has 0 aromatic heterocycles. The maximum Gasteiger partial charge on any atom is 1.00 e. The van der Waals surface area contributed by atoms with E-state index in [0.29, 0.717) is 0 Å². The Morgan fingerprint density at radius 1 is 1.25 bits per heavy atom. The molecule has 0 saturated carbocycles. The molecular formula is HLiMnNiW. The van der Waals surface area contributed by atoms with E-state index in [9.17, 15) is 0 Å². The van der Waals surface area contributed by atoms with E-state index in [1.54, 1.807) is 0 Å². The molecule has 0 aliphatic carbocycles. The first-order chi connectivity index (χ1) is 0. The first-order valence-electron chi connectivity index (χ1n) is 0. The second-order valence-corrected chi connectivity index (χ2v) is 0. The van der Waals surface area contributed by atoms with E-state index in [-0.39, 0.29) is 74.9 Å². The molecule has 0 nitrogen and oxygen atoms in total. The van der Waals surface area contributed by atoms with E-state index in [1.807, 2.05) is 0 Å². The molecule has 0 aliphatic heterocycles. The zero-order chi connectivity index (χ0) is 0. The molecular weight excluding hydrogens is 304 g/mol. The molecule has 0 saturated heterocycles. The van der Waals surface area contributed by atoms with Gasteiger partial charge in [-0.25, -0.2) is 0 Å². The van der Waals surface area contributed by atoms with Gasteiger partial charge >= 0.3 is 18.9 Å². The van der Waals surface area contributed by atoms with E-state index in [2.05, 4.69) is 0 Å². The Morgan fingerprint density at radius 3 is 1.25 bits per heavy atom. The summed E-state index contributed by atoms with van der Waals surface area (Å²) in [5.74, 6) is 0. The van der Waals surface area contributed by atoms with Gasteiger partial charge in [-0.2, -0.15) is 0 Å². The van der Waals surface area contributed by atoms with Crippen molar-refractivity contribution in [3.05, 3.63) is 0 Å². The minimum absolute atomic E-state index is 0. The monoisotopic (exact) mass is 305 g/mol. The Kier molecular flexibility index (Phi) is 155. The Morgan fingerprint density at radius 2 is 1.25 bits per heavy atom. The average Bonchev–Trinajstić information content (AvgIpc) is 0. The molecule has 0 aliphatic rings. The molecule has 0 atom stereocenters. The van der Waals surface area contributed by atoms with Gasteiger partial charge in [-0.3, -0.25) is 0 Å². The van der Waals surface area contributed by atoms with Crippen LogP contribution in [-0.4, -0.2) is 0 Å². The van der Waals surface area contributed by atoms with Crippen molar-refractivity contribution in [1.82, 2.24) is 0 Å². The van der Waals surface area contributed by atoms with Crippen LogP contribution in [0.2, 0.25) is 0 Å². The van der Waals surface area contributed by atoms with Crippen LogP contribution in [0.5, 0.6) is 0 Å². The first-order valence-corrected chi connectivity index (χ1v) is 0. The SMILES string of the molecule is [H-].[Li+].[Mn].[Ni].[W]. The second-order valence-electron chi connectivity index (χ2n) is 0. The maximum atomic E-state index is 0. The van der Waals surface area contributed by atoms with Gasteiger partial charge in [0.1, 0.15) is 0 Å². The van der Waals surface area contributed by atoms with E-state index in [0.717, 1.165) is 0 Å². The van der Waals surface area contributed by atoms with Crippen LogP contribution >= 0.6 is 0 Å². The fourth-order valence-corrected chi connectivity index (χ4v) is 0. The van der Waals surface area contributed by atoms with Crippen molar-refractivity contribution in [2.45, 2.75) is 0 Å². The van der Waals surface area contributed by atoms with Gasteiger partial charge in [0.25, 0.3) is 0 Å². The molecule has 0 N–H and O–H groups in total. The summed E-state index contributed by atoms with van der Waals surface area (Å²) in [5, 5.41) is 0. The fourth-order valence-electron chi connectivity index (χ4n) is 0. The van der Waals surface area contributed by atoms with Crippen molar-refractivity contribution < 1.29 is 74.9 Å². The summed E-state index contributed by atoms with van der Waals surface area (Å²) in [6.45, 7) is 0. The van der Waals surface area contributed by atoms with Gasteiger partial charge in [0.15, 0.2) is 0 Å². The van der Waals surface area contributed by atoms with Crippen LogP contribution in [0, 0.1) is 0 Å². The van der Waals surface area contributed by atoms with Crippen LogP contribution in [0.4, 0.5) is 0 Å². The number of hydrogen-bond acceptors (Lipinski definition) is 0. The first kappa shape index (κ1) is 33.5. The summed E-state index contributed by atoms with van der Waals surface area (Å²) in [5.41, 5.74) is 0. The molecule has 0 spiro atoms. The summed E-state index contributed by atoms with van der Waals surface area (Å²) in [6, 6.07) is 0. The molecule has 1 radical (unpaired) electrons. The Hall–Kier alpha value is 2.30. The van der Waals surface area contributed by atoms with E-state index in [1.165, 1.54) is 0 Å². The minimum Gasteiger partial charge on any atom is -1.00 e. The predicted octanol–water partition coefficient (Wildman–Crippen LogP) is -2.89. The van der Waals surface area contributed by atoms with Gasteiger partial charge in [-0.1, -0.05) is 0 Å². The van der Waals surface area contributed by atoms with Gasteiger partial charge < -0.3 is 1.43 Å². The number of hydrogen-bond donors (Lipinski definition) is 0. The van der Waals surface area contributed by atoms with E-state index in [4.69, 9.17) is 0 Å². The van der Waals surface area contributed by atoms with Crippen LogP contribution < -0.4 is 18.9 Å². The zero-order valence-electron chi connectivity index (χ0n) is 3.10. The molecule has 0 aromatic carbocycles. The van der Waals surface area contributed by atoms with Crippen LogP contribution in [0.15, 0.2) is 0 Å². The van der Waals surface area contributed by atoms with Crippen molar-refractivity contribution in [3.8, 4) is 0 Å². The van der Waals surface area contributed by atoms with Gasteiger partial charge in [0, 0.05) is 54.6 Å². The smallest absolute Gasteiger partial charge is 1.00 e. The van der Waals surface area contributed by atoms with E-state index >= 15 is 0 Å². The quantitative estimate of drug-likeness (QED) is 0.422. The summed E-state index contributed by atoms with van der Waals surface area (Å²) >= 11 is 0. The Labute approximate surface area is 74.2 Å². The summed E-state index contributed by atoms with van der Waals surface area (Å²) in [7, 11) is 0. The van der Waals surface area contributed by atoms with Gasteiger partial charge in [-0.15, -0.1) is 0 Å². The molecule has 0 fully saturated rings. The summed E-state index contributed by atoms with van der Waals surface area (Å²) < 4.78 is 0. The molecule has 25 valence electrons. The Balaban J connectivity index is 0. The molecule has 0 amide bonds. The number of rotatable bonds is 0. The standard InChI is InChI=1S/Li.Mn.Ni.W.H/q+1;;;;-1. The topological polar surface area (TPSA) is 0 Å². The maximum absolute atomic E-state index is 0. The predicted molar refractivity (Wildman–Crippen MR) is 1.11 cm³/mol. The summed E-state index contributed by atoms with van der Waals surface area (Å²) in [6.07, 6.45) is 0. The van der Waals surface area contributed by atoms with Crippen LogP contribution in [0.1, 0.15) is 1.43 Å². The van der Waals surface area contributed by atoms with Crippen LogP contribution in [0.3, 0.4) is 0 Å². The molecule has 4 heteroatoms. The van der Waals surface area contributed by atoms with Crippen molar-refractivity contribution in [2.75, 3.05) is 0 Å². The van der Waals surface area contributed by atoms with Gasteiger partial charge in [0.05, 0.1) is 0 Å². The largest absolute Gasteiger partial charge is 1.00 e. The van der Waals surface area contributed by atoms with Crippen molar-refractivity contribution >= 4 is 0 Å². The molecule has 0 aromatic rings.